The van der Waals surface area contributed by atoms with Crippen LogP contribution < -0.4 is 0 Å². The fourth-order valence-corrected chi connectivity index (χ4v) is 6.09. The molecule has 11 heteroatoms. The van der Waals surface area contributed by atoms with Crippen LogP contribution in [0, 0.1) is 5.92 Å². The molecule has 0 saturated carbocycles. The topological polar surface area (TPSA) is 20.3 Å². The van der Waals surface area contributed by atoms with Gasteiger partial charge in [-0.2, -0.15) is 39.5 Å². The summed E-state index contributed by atoms with van der Waals surface area (Å²) in [5.41, 5.74) is 0.357. The standard InChI is InChI=1S/C34H34F9NO/c1-20(2)15-29(21(3)45)25-16-24(23-9-13-28(14-10-23)33(38,39)40)17-26(18-25)30-5-4-6-31(34(41,42)43)44(30)19-22-7-11-27(12-8-22)32(35,36)37/h7-14,16-18,20,29-31H,4-6,15,19H2,1-3H3. The SMILES string of the molecule is CC(=O)C(CC(C)C)c1cc(-c2ccc(C(F)(F)F)cc2)cc(C2CCCC(C(F)(F)F)N2Cc2ccc(C(F)(F)F)cc2)c1. The molecule has 2 nitrogen and oxygen atoms in total. The lowest BCUT2D eigenvalue weighted by Gasteiger charge is -2.43. The van der Waals surface area contributed by atoms with Crippen LogP contribution in [0.15, 0.2) is 66.7 Å². The Bertz CT molecular complexity index is 1460. The zero-order valence-electron chi connectivity index (χ0n) is 25.0. The molecule has 0 spiro atoms. The van der Waals surface area contributed by atoms with Gasteiger partial charge < -0.3 is 0 Å². The number of Topliss-reactive ketones (excluding diaryl/α,β-unsaturated/α-hetero) is 1. The number of carbonyl (C=O) groups excluding carboxylic acids is 1. The molecular weight excluding hydrogens is 609 g/mol. The van der Waals surface area contributed by atoms with E-state index in [9.17, 15) is 44.3 Å². The second-order valence-corrected chi connectivity index (χ2v) is 12.1. The van der Waals surface area contributed by atoms with Crippen molar-refractivity contribution in [2.45, 2.75) is 89.5 Å². The van der Waals surface area contributed by atoms with Crippen molar-refractivity contribution in [3.8, 4) is 11.1 Å². The van der Waals surface area contributed by atoms with Gasteiger partial charge >= 0.3 is 18.5 Å². The maximum atomic E-state index is 14.4. The van der Waals surface area contributed by atoms with Crippen molar-refractivity contribution in [2.24, 2.45) is 5.92 Å². The molecule has 0 aromatic heterocycles. The molecule has 244 valence electrons. The van der Waals surface area contributed by atoms with Gasteiger partial charge in [-0.1, -0.05) is 50.2 Å². The summed E-state index contributed by atoms with van der Waals surface area (Å²) >= 11 is 0. The molecule has 4 rings (SSSR count). The van der Waals surface area contributed by atoms with Crippen LogP contribution in [0.4, 0.5) is 39.5 Å². The van der Waals surface area contributed by atoms with Crippen LogP contribution in [0.1, 0.15) is 86.2 Å². The van der Waals surface area contributed by atoms with Crippen molar-refractivity contribution in [3.05, 3.63) is 94.5 Å². The van der Waals surface area contributed by atoms with Crippen LogP contribution in [-0.4, -0.2) is 22.9 Å². The highest BCUT2D eigenvalue weighted by Gasteiger charge is 2.47. The monoisotopic (exact) mass is 643 g/mol. The average Bonchev–Trinajstić information content (AvgIpc) is 2.94. The quantitative estimate of drug-likeness (QED) is 0.228. The van der Waals surface area contributed by atoms with Crippen molar-refractivity contribution >= 4 is 5.78 Å². The Hall–Kier alpha value is -3.34. The molecule has 0 radical (unpaired) electrons. The second-order valence-electron chi connectivity index (χ2n) is 12.1. The molecule has 0 bridgehead atoms. The number of halogens is 9. The van der Waals surface area contributed by atoms with E-state index >= 15 is 0 Å². The molecule has 1 heterocycles. The highest BCUT2D eigenvalue weighted by molar-refractivity contribution is 5.84. The summed E-state index contributed by atoms with van der Waals surface area (Å²) in [4.78, 5) is 14.0. The fraction of sp³-hybridized carbons (Fsp3) is 0.441. The number of carbonyl (C=O) groups is 1. The molecule has 0 aliphatic carbocycles. The van der Waals surface area contributed by atoms with E-state index in [0.29, 0.717) is 35.1 Å². The van der Waals surface area contributed by atoms with Gasteiger partial charge in [0.15, 0.2) is 0 Å². The van der Waals surface area contributed by atoms with E-state index in [4.69, 9.17) is 0 Å². The zero-order chi connectivity index (χ0) is 33.3. The summed E-state index contributed by atoms with van der Waals surface area (Å²) in [5.74, 6) is -0.654. The molecule has 1 aliphatic heterocycles. The normalized spacial score (nSPS) is 19.1. The van der Waals surface area contributed by atoms with Gasteiger partial charge in [0.25, 0.3) is 0 Å². The first-order chi connectivity index (χ1) is 20.8. The van der Waals surface area contributed by atoms with Gasteiger partial charge in [0, 0.05) is 18.5 Å². The Balaban J connectivity index is 1.84. The van der Waals surface area contributed by atoms with Crippen molar-refractivity contribution in [1.29, 1.82) is 0 Å². The van der Waals surface area contributed by atoms with Gasteiger partial charge in [0.2, 0.25) is 0 Å². The van der Waals surface area contributed by atoms with E-state index in [1.165, 1.54) is 36.1 Å². The van der Waals surface area contributed by atoms with Gasteiger partial charge in [-0.3, -0.25) is 9.69 Å². The van der Waals surface area contributed by atoms with Gasteiger partial charge in [-0.05, 0) is 96.7 Å². The van der Waals surface area contributed by atoms with E-state index in [1.54, 1.807) is 18.2 Å². The largest absolute Gasteiger partial charge is 0.416 e. The Morgan fingerprint density at radius 1 is 0.778 bits per heavy atom. The molecule has 1 saturated heterocycles. The Morgan fingerprint density at radius 2 is 1.33 bits per heavy atom. The number of ketones is 1. The molecular formula is C34H34F9NO. The Labute approximate surface area is 256 Å². The highest BCUT2D eigenvalue weighted by Crippen LogP contribution is 2.44. The van der Waals surface area contributed by atoms with Crippen molar-refractivity contribution in [2.75, 3.05) is 0 Å². The van der Waals surface area contributed by atoms with Crippen LogP contribution in [0.2, 0.25) is 0 Å². The van der Waals surface area contributed by atoms with E-state index < -0.39 is 47.7 Å². The minimum Gasteiger partial charge on any atom is -0.299 e. The van der Waals surface area contributed by atoms with E-state index in [2.05, 4.69) is 0 Å². The third-order valence-corrected chi connectivity index (χ3v) is 8.29. The highest BCUT2D eigenvalue weighted by atomic mass is 19.4. The van der Waals surface area contributed by atoms with Crippen LogP contribution >= 0.6 is 0 Å². The molecule has 45 heavy (non-hydrogen) atoms. The van der Waals surface area contributed by atoms with E-state index in [0.717, 1.165) is 24.3 Å². The summed E-state index contributed by atoms with van der Waals surface area (Å²) in [6.07, 6.45) is -13.0. The van der Waals surface area contributed by atoms with Gasteiger partial charge in [0.1, 0.15) is 11.8 Å². The predicted molar refractivity (Wildman–Crippen MR) is 153 cm³/mol. The lowest BCUT2D eigenvalue weighted by Crippen LogP contribution is -2.49. The van der Waals surface area contributed by atoms with Gasteiger partial charge in [0.05, 0.1) is 11.1 Å². The number of piperidine rings is 1. The zero-order valence-corrected chi connectivity index (χ0v) is 25.0. The molecule has 3 unspecified atom stereocenters. The number of hydrogen-bond donors (Lipinski definition) is 0. The van der Waals surface area contributed by atoms with Gasteiger partial charge in [-0.25, -0.2) is 0 Å². The smallest absolute Gasteiger partial charge is 0.299 e. The van der Waals surface area contributed by atoms with Crippen molar-refractivity contribution in [3.63, 3.8) is 0 Å². The maximum absolute atomic E-state index is 14.4. The summed E-state index contributed by atoms with van der Waals surface area (Å²) in [7, 11) is 0. The third kappa shape index (κ3) is 8.48. The molecule has 1 aliphatic rings. The second kappa shape index (κ2) is 13.2. The summed E-state index contributed by atoms with van der Waals surface area (Å²) in [6, 6.07) is 10.8. The maximum Gasteiger partial charge on any atom is 0.416 e. The minimum absolute atomic E-state index is 0.0949. The Morgan fingerprint density at radius 3 is 1.82 bits per heavy atom. The molecule has 3 aromatic carbocycles. The predicted octanol–water partition coefficient (Wildman–Crippen LogP) is 10.8. The number of rotatable bonds is 8. The van der Waals surface area contributed by atoms with Crippen molar-refractivity contribution in [1.82, 2.24) is 4.90 Å². The molecule has 0 N–H and O–H groups in total. The van der Waals surface area contributed by atoms with Crippen LogP contribution in [0.3, 0.4) is 0 Å². The number of benzene rings is 3. The molecule has 1 fully saturated rings. The van der Waals surface area contributed by atoms with Crippen LogP contribution in [0.5, 0.6) is 0 Å². The number of likely N-dealkylation sites (tertiary alicyclic amines) is 1. The first kappa shape index (κ1) is 34.5. The first-order valence-electron chi connectivity index (χ1n) is 14.7. The van der Waals surface area contributed by atoms with E-state index in [-0.39, 0.29) is 36.7 Å². The Kier molecular flexibility index (Phi) is 10.1. The van der Waals surface area contributed by atoms with Crippen molar-refractivity contribution < 1.29 is 44.3 Å². The van der Waals surface area contributed by atoms with Gasteiger partial charge in [-0.15, -0.1) is 0 Å². The van der Waals surface area contributed by atoms with Crippen LogP contribution in [0.25, 0.3) is 11.1 Å². The first-order valence-corrected chi connectivity index (χ1v) is 14.7. The number of nitrogens with zero attached hydrogens (tertiary/aromatic N) is 1. The lowest BCUT2D eigenvalue weighted by molar-refractivity contribution is -0.201. The number of hydrogen-bond acceptors (Lipinski definition) is 2. The third-order valence-electron chi connectivity index (χ3n) is 8.29. The lowest BCUT2D eigenvalue weighted by atomic mass is 9.82. The summed E-state index contributed by atoms with van der Waals surface area (Å²) < 4.78 is 122. The number of alkyl halides is 9. The summed E-state index contributed by atoms with van der Waals surface area (Å²) in [5, 5.41) is 0. The summed E-state index contributed by atoms with van der Waals surface area (Å²) in [6.45, 7) is 5.00. The minimum atomic E-state index is -4.63. The van der Waals surface area contributed by atoms with E-state index in [1.807, 2.05) is 13.8 Å². The average molecular weight is 644 g/mol. The molecule has 3 aromatic rings. The fourth-order valence-electron chi connectivity index (χ4n) is 6.09. The molecule has 0 amide bonds. The molecule has 3 atom stereocenters. The van der Waals surface area contributed by atoms with Crippen LogP contribution in [-0.2, 0) is 23.7 Å².